The highest BCUT2D eigenvalue weighted by Crippen LogP contribution is 2.27. The largest absolute Gasteiger partial charge is 0.378 e. The topological polar surface area (TPSA) is 65.0 Å². The van der Waals surface area contributed by atoms with Crippen LogP contribution in [0.1, 0.15) is 24.1 Å². The molecule has 0 spiro atoms. The minimum atomic E-state index is 0.188. The molecule has 4 heterocycles. The van der Waals surface area contributed by atoms with E-state index >= 15 is 0 Å². The predicted octanol–water partition coefficient (Wildman–Crippen LogP) is 0.996. The fourth-order valence-electron chi connectivity index (χ4n) is 4.14. The number of hydrogen-bond acceptors (Lipinski definition) is 6. The molecule has 2 fully saturated rings. The SMILES string of the molecule is CN(C)c1nc(N2CCOCC2)nc2c1CCN(C(=O)N1CCCC1)CC2. The number of nitrogens with zero attached hydrogens (tertiary/aromatic N) is 6. The summed E-state index contributed by atoms with van der Waals surface area (Å²) in [4.78, 5) is 30.9. The second-order valence-electron chi connectivity index (χ2n) is 7.73. The van der Waals surface area contributed by atoms with E-state index in [1.54, 1.807) is 0 Å². The van der Waals surface area contributed by atoms with E-state index in [-0.39, 0.29) is 6.03 Å². The Kier molecular flexibility index (Phi) is 5.33. The quantitative estimate of drug-likeness (QED) is 0.769. The average molecular weight is 374 g/mol. The van der Waals surface area contributed by atoms with Crippen molar-refractivity contribution < 1.29 is 9.53 Å². The first-order chi connectivity index (χ1) is 13.1. The number of likely N-dealkylation sites (tertiary alicyclic amines) is 1. The van der Waals surface area contributed by atoms with Crippen LogP contribution in [0, 0.1) is 0 Å². The number of carbonyl (C=O) groups is 1. The van der Waals surface area contributed by atoms with Crippen molar-refractivity contribution in [3.8, 4) is 0 Å². The van der Waals surface area contributed by atoms with E-state index in [1.807, 2.05) is 23.9 Å². The number of rotatable bonds is 2. The van der Waals surface area contributed by atoms with Crippen LogP contribution in [0.15, 0.2) is 0 Å². The third kappa shape index (κ3) is 3.81. The highest BCUT2D eigenvalue weighted by molar-refractivity contribution is 5.75. The molecule has 148 valence electrons. The summed E-state index contributed by atoms with van der Waals surface area (Å²) in [5.41, 5.74) is 2.28. The monoisotopic (exact) mass is 374 g/mol. The van der Waals surface area contributed by atoms with Gasteiger partial charge in [-0.25, -0.2) is 9.78 Å². The van der Waals surface area contributed by atoms with Crippen molar-refractivity contribution in [1.29, 1.82) is 0 Å². The molecule has 0 radical (unpaired) electrons. The van der Waals surface area contributed by atoms with Crippen molar-refractivity contribution in [1.82, 2.24) is 19.8 Å². The summed E-state index contributed by atoms with van der Waals surface area (Å²) in [6.45, 7) is 6.35. The highest BCUT2D eigenvalue weighted by atomic mass is 16.5. The molecule has 0 N–H and O–H groups in total. The number of hydrogen-bond donors (Lipinski definition) is 0. The molecule has 8 nitrogen and oxygen atoms in total. The molecule has 0 saturated carbocycles. The Hall–Kier alpha value is -2.09. The first-order valence-electron chi connectivity index (χ1n) is 10.1. The minimum absolute atomic E-state index is 0.188. The van der Waals surface area contributed by atoms with Crippen molar-refractivity contribution in [2.45, 2.75) is 25.7 Å². The van der Waals surface area contributed by atoms with Gasteiger partial charge < -0.3 is 24.3 Å². The lowest BCUT2D eigenvalue weighted by atomic mass is 10.1. The number of anilines is 2. The van der Waals surface area contributed by atoms with E-state index in [4.69, 9.17) is 14.7 Å². The summed E-state index contributed by atoms with van der Waals surface area (Å²) < 4.78 is 5.46. The van der Waals surface area contributed by atoms with Crippen LogP contribution >= 0.6 is 0 Å². The number of carbonyl (C=O) groups excluding carboxylic acids is 1. The molecule has 0 atom stereocenters. The Morgan fingerprint density at radius 3 is 2.30 bits per heavy atom. The summed E-state index contributed by atoms with van der Waals surface area (Å²) in [6, 6.07) is 0.188. The Morgan fingerprint density at radius 2 is 1.59 bits per heavy atom. The summed E-state index contributed by atoms with van der Waals surface area (Å²) in [5.74, 6) is 1.78. The molecular formula is C19H30N6O2. The highest BCUT2D eigenvalue weighted by Gasteiger charge is 2.28. The number of ether oxygens (including phenoxy) is 1. The van der Waals surface area contributed by atoms with Crippen LogP contribution in [-0.4, -0.2) is 92.4 Å². The van der Waals surface area contributed by atoms with E-state index in [0.717, 1.165) is 95.6 Å². The Labute approximate surface area is 161 Å². The fraction of sp³-hybridized carbons (Fsp3) is 0.737. The zero-order valence-electron chi connectivity index (χ0n) is 16.5. The van der Waals surface area contributed by atoms with Gasteiger partial charge in [0.1, 0.15) is 5.82 Å². The van der Waals surface area contributed by atoms with Gasteiger partial charge in [0.05, 0.1) is 18.9 Å². The number of amides is 2. The standard InChI is InChI=1S/C19H30N6O2/c1-22(2)17-15-5-9-25(19(26)24-7-3-4-8-24)10-6-16(15)20-18(21-17)23-11-13-27-14-12-23/h3-14H2,1-2H3. The Morgan fingerprint density at radius 1 is 0.926 bits per heavy atom. The molecule has 3 aliphatic rings. The zero-order valence-corrected chi connectivity index (χ0v) is 16.5. The predicted molar refractivity (Wildman–Crippen MR) is 105 cm³/mol. The van der Waals surface area contributed by atoms with Gasteiger partial charge in [0, 0.05) is 65.3 Å². The lowest BCUT2D eigenvalue weighted by molar-refractivity contribution is 0.122. The summed E-state index contributed by atoms with van der Waals surface area (Å²) in [6.07, 6.45) is 3.85. The Balaban J connectivity index is 1.57. The lowest BCUT2D eigenvalue weighted by Crippen LogP contribution is -2.43. The second-order valence-corrected chi connectivity index (χ2v) is 7.73. The van der Waals surface area contributed by atoms with E-state index in [2.05, 4.69) is 9.80 Å². The van der Waals surface area contributed by atoms with Gasteiger partial charge in [-0.15, -0.1) is 0 Å². The number of fused-ring (bicyclic) bond motifs is 1. The van der Waals surface area contributed by atoms with Crippen LogP contribution in [-0.2, 0) is 17.6 Å². The van der Waals surface area contributed by atoms with E-state index in [0.29, 0.717) is 0 Å². The van der Waals surface area contributed by atoms with Crippen molar-refractivity contribution in [3.63, 3.8) is 0 Å². The molecule has 0 aromatic carbocycles. The number of aromatic nitrogens is 2. The molecule has 27 heavy (non-hydrogen) atoms. The van der Waals surface area contributed by atoms with E-state index in [9.17, 15) is 4.79 Å². The fourth-order valence-corrected chi connectivity index (χ4v) is 4.14. The molecule has 1 aromatic heterocycles. The van der Waals surface area contributed by atoms with Crippen LogP contribution in [0.3, 0.4) is 0 Å². The third-order valence-electron chi connectivity index (χ3n) is 5.67. The molecular weight excluding hydrogens is 344 g/mol. The molecule has 1 aromatic rings. The first-order valence-corrected chi connectivity index (χ1v) is 10.1. The molecule has 2 amide bonds. The van der Waals surface area contributed by atoms with Gasteiger partial charge in [0.2, 0.25) is 5.95 Å². The van der Waals surface area contributed by atoms with E-state index in [1.165, 1.54) is 5.56 Å². The molecule has 2 saturated heterocycles. The van der Waals surface area contributed by atoms with Crippen LogP contribution in [0.25, 0.3) is 0 Å². The van der Waals surface area contributed by atoms with Crippen LogP contribution in [0.4, 0.5) is 16.6 Å². The number of urea groups is 1. The lowest BCUT2D eigenvalue weighted by Gasteiger charge is -2.28. The van der Waals surface area contributed by atoms with Gasteiger partial charge in [-0.2, -0.15) is 4.98 Å². The summed E-state index contributed by atoms with van der Waals surface area (Å²) in [5, 5.41) is 0. The van der Waals surface area contributed by atoms with Crippen LogP contribution in [0.5, 0.6) is 0 Å². The maximum atomic E-state index is 12.8. The van der Waals surface area contributed by atoms with Gasteiger partial charge in [-0.05, 0) is 19.3 Å². The van der Waals surface area contributed by atoms with Crippen molar-refractivity contribution in [2.24, 2.45) is 0 Å². The van der Waals surface area contributed by atoms with Gasteiger partial charge in [0.25, 0.3) is 0 Å². The van der Waals surface area contributed by atoms with Gasteiger partial charge in [-0.1, -0.05) is 0 Å². The van der Waals surface area contributed by atoms with Crippen molar-refractivity contribution in [2.75, 3.05) is 76.4 Å². The Bertz CT molecular complexity index is 683. The van der Waals surface area contributed by atoms with Crippen molar-refractivity contribution >= 4 is 17.8 Å². The third-order valence-corrected chi connectivity index (χ3v) is 5.67. The number of morpholine rings is 1. The summed E-state index contributed by atoms with van der Waals surface area (Å²) in [7, 11) is 4.06. The van der Waals surface area contributed by atoms with Crippen LogP contribution < -0.4 is 9.80 Å². The molecule has 4 rings (SSSR count). The van der Waals surface area contributed by atoms with Gasteiger partial charge >= 0.3 is 6.03 Å². The van der Waals surface area contributed by atoms with Crippen LogP contribution in [0.2, 0.25) is 0 Å². The molecule has 0 bridgehead atoms. The smallest absolute Gasteiger partial charge is 0.320 e. The molecule has 0 unspecified atom stereocenters. The average Bonchev–Trinajstić information content (AvgIpc) is 3.14. The molecule has 8 heteroatoms. The summed E-state index contributed by atoms with van der Waals surface area (Å²) >= 11 is 0. The minimum Gasteiger partial charge on any atom is -0.378 e. The van der Waals surface area contributed by atoms with Gasteiger partial charge in [0.15, 0.2) is 0 Å². The molecule has 0 aliphatic carbocycles. The maximum Gasteiger partial charge on any atom is 0.320 e. The zero-order chi connectivity index (χ0) is 18.8. The van der Waals surface area contributed by atoms with Crippen molar-refractivity contribution in [3.05, 3.63) is 11.3 Å². The molecule has 3 aliphatic heterocycles. The van der Waals surface area contributed by atoms with E-state index < -0.39 is 0 Å². The van der Waals surface area contributed by atoms with Gasteiger partial charge in [-0.3, -0.25) is 0 Å². The maximum absolute atomic E-state index is 12.8. The normalized spacial score (nSPS) is 20.4. The first kappa shape index (κ1) is 18.3. The second kappa shape index (κ2) is 7.88.